The second-order valence-electron chi connectivity index (χ2n) is 8.70. The predicted octanol–water partition coefficient (Wildman–Crippen LogP) is 2.57. The summed E-state index contributed by atoms with van der Waals surface area (Å²) in [7, 11) is -1.82. The molecule has 0 radical (unpaired) electrons. The largest absolute Gasteiger partial charge is 0.432 e. The molecule has 132 valence electrons. The fourth-order valence-corrected chi connectivity index (χ4v) is 4.97. The van der Waals surface area contributed by atoms with E-state index < -0.39 is 25.5 Å². The lowest BCUT2D eigenvalue weighted by atomic mass is 9.79. The van der Waals surface area contributed by atoms with Gasteiger partial charge >= 0.3 is 5.97 Å². The summed E-state index contributed by atoms with van der Waals surface area (Å²) in [4.78, 5) is 12.5. The summed E-state index contributed by atoms with van der Waals surface area (Å²) in [6, 6.07) is 0. The fraction of sp³-hybridized carbons (Fsp3) is 0.938. The van der Waals surface area contributed by atoms with Crippen molar-refractivity contribution in [2.24, 2.45) is 0 Å². The predicted molar refractivity (Wildman–Crippen MR) is 85.3 cm³/mol. The van der Waals surface area contributed by atoms with Crippen LogP contribution in [0.15, 0.2) is 0 Å². The Labute approximate surface area is 138 Å². The van der Waals surface area contributed by atoms with Gasteiger partial charge in [-0.2, -0.15) is 0 Å². The summed E-state index contributed by atoms with van der Waals surface area (Å²) in [5.41, 5.74) is -1.00. The number of cyclic esters (lactones) is 1. The summed E-state index contributed by atoms with van der Waals surface area (Å²) in [6.07, 6.45) is 0.238. The van der Waals surface area contributed by atoms with E-state index in [1.54, 1.807) is 13.8 Å². The van der Waals surface area contributed by atoms with Gasteiger partial charge in [0, 0.05) is 26.7 Å². The third-order valence-electron chi connectivity index (χ3n) is 4.31. The molecule has 2 aliphatic heterocycles. The number of fused-ring (bicyclic) bond motifs is 1. The van der Waals surface area contributed by atoms with Crippen LogP contribution in [-0.2, 0) is 28.2 Å². The Morgan fingerprint density at radius 1 is 1.04 bits per heavy atom. The number of carbonyl (C=O) groups excluding carboxylic acids is 1. The quantitative estimate of drug-likeness (QED) is 0.567. The lowest BCUT2D eigenvalue weighted by molar-refractivity contribution is -0.186. The molecule has 0 aromatic heterocycles. The fourth-order valence-electron chi connectivity index (χ4n) is 3.85. The number of hydrogen-bond acceptors (Lipinski definition) is 6. The van der Waals surface area contributed by atoms with Crippen LogP contribution < -0.4 is 0 Å². The zero-order valence-electron chi connectivity index (χ0n) is 15.1. The molecule has 0 unspecified atom stereocenters. The zero-order valence-corrected chi connectivity index (χ0v) is 16.1. The summed E-state index contributed by atoms with van der Waals surface area (Å²) in [6.45, 7) is 13.7. The molecule has 23 heavy (non-hydrogen) atoms. The molecule has 1 spiro atoms. The molecule has 0 aromatic rings. The van der Waals surface area contributed by atoms with Crippen LogP contribution in [0.2, 0.25) is 19.6 Å². The minimum absolute atomic E-state index is 0.178. The van der Waals surface area contributed by atoms with Crippen molar-refractivity contribution >= 4 is 14.3 Å². The van der Waals surface area contributed by atoms with E-state index in [2.05, 4.69) is 19.6 Å². The first-order valence-electron chi connectivity index (χ1n) is 8.28. The molecule has 2 saturated heterocycles. The number of ether oxygens (including phenoxy) is 4. The van der Waals surface area contributed by atoms with Gasteiger partial charge in [0.2, 0.25) is 5.79 Å². The first-order valence-corrected chi connectivity index (χ1v) is 11.7. The molecule has 2 heterocycles. The van der Waals surface area contributed by atoms with E-state index in [9.17, 15) is 4.79 Å². The minimum atomic E-state index is -1.82. The van der Waals surface area contributed by atoms with Crippen molar-refractivity contribution in [1.82, 2.24) is 0 Å². The molecule has 7 heteroatoms. The first kappa shape index (κ1) is 17.4. The molecular formula is C16H28O6Si. The smallest absolute Gasteiger partial charge is 0.341 e. The van der Waals surface area contributed by atoms with Crippen molar-refractivity contribution in [3.63, 3.8) is 0 Å². The van der Waals surface area contributed by atoms with Gasteiger partial charge in [-0.25, -0.2) is 4.79 Å². The highest BCUT2D eigenvalue weighted by Gasteiger charge is 2.63. The van der Waals surface area contributed by atoms with Gasteiger partial charge in [-0.1, -0.05) is 0 Å². The van der Waals surface area contributed by atoms with Crippen LogP contribution in [0.25, 0.3) is 0 Å². The molecule has 3 rings (SSSR count). The van der Waals surface area contributed by atoms with Crippen LogP contribution in [0.4, 0.5) is 0 Å². The van der Waals surface area contributed by atoms with Crippen LogP contribution in [0.1, 0.15) is 40.5 Å². The zero-order chi connectivity index (χ0) is 17.3. The van der Waals surface area contributed by atoms with E-state index in [4.69, 9.17) is 23.4 Å². The number of rotatable bonds is 2. The Hall–Kier alpha value is -0.473. The highest BCUT2D eigenvalue weighted by atomic mass is 28.4. The molecule has 0 amide bonds. The van der Waals surface area contributed by atoms with Gasteiger partial charge in [-0.05, 0) is 33.5 Å². The normalized spacial score (nSPS) is 41.9. The molecule has 1 saturated carbocycles. The Morgan fingerprint density at radius 3 is 2.22 bits per heavy atom. The monoisotopic (exact) mass is 344 g/mol. The lowest BCUT2D eigenvalue weighted by Gasteiger charge is -2.42. The summed E-state index contributed by atoms with van der Waals surface area (Å²) >= 11 is 0. The van der Waals surface area contributed by atoms with E-state index in [-0.39, 0.29) is 24.3 Å². The van der Waals surface area contributed by atoms with Crippen molar-refractivity contribution in [1.29, 1.82) is 0 Å². The van der Waals surface area contributed by atoms with E-state index in [0.29, 0.717) is 12.8 Å². The second-order valence-corrected chi connectivity index (χ2v) is 13.2. The molecule has 6 nitrogen and oxygen atoms in total. The van der Waals surface area contributed by atoms with Crippen LogP contribution >= 0.6 is 0 Å². The van der Waals surface area contributed by atoms with Gasteiger partial charge < -0.3 is 23.4 Å². The summed E-state index contributed by atoms with van der Waals surface area (Å²) < 4.78 is 29.9. The van der Waals surface area contributed by atoms with Gasteiger partial charge in [0.1, 0.15) is 6.10 Å². The van der Waals surface area contributed by atoms with Gasteiger partial charge in [0.25, 0.3) is 0 Å². The topological polar surface area (TPSA) is 63.2 Å². The molecule has 1 aliphatic carbocycles. The lowest BCUT2D eigenvalue weighted by Crippen LogP contribution is -2.57. The van der Waals surface area contributed by atoms with E-state index in [1.165, 1.54) is 0 Å². The minimum Gasteiger partial charge on any atom is -0.432 e. The van der Waals surface area contributed by atoms with Crippen molar-refractivity contribution in [3.05, 3.63) is 0 Å². The molecular weight excluding hydrogens is 316 g/mol. The number of hydrogen-bond donors (Lipinski definition) is 0. The highest BCUT2D eigenvalue weighted by Crippen LogP contribution is 2.48. The van der Waals surface area contributed by atoms with Crippen LogP contribution in [0.5, 0.6) is 0 Å². The van der Waals surface area contributed by atoms with Gasteiger partial charge in [0.05, 0.1) is 12.2 Å². The highest BCUT2D eigenvalue weighted by molar-refractivity contribution is 6.69. The van der Waals surface area contributed by atoms with Crippen LogP contribution in [-0.4, -0.2) is 49.8 Å². The summed E-state index contributed by atoms with van der Waals surface area (Å²) in [5, 5.41) is 0. The summed E-state index contributed by atoms with van der Waals surface area (Å²) in [5.74, 6) is -1.92. The SMILES string of the molecule is CC1(C)O[C@@H]2[C@@H](C[C@@]3(C[C@H]2O[Si](C)(C)C)OC(C)(C)OC3=O)O1. The van der Waals surface area contributed by atoms with E-state index in [1.807, 2.05) is 13.8 Å². The van der Waals surface area contributed by atoms with Gasteiger partial charge in [-0.3, -0.25) is 0 Å². The first-order chi connectivity index (χ1) is 10.3. The third-order valence-corrected chi connectivity index (χ3v) is 5.32. The maximum Gasteiger partial charge on any atom is 0.341 e. The average Bonchev–Trinajstić information content (AvgIpc) is 2.70. The molecule has 3 fully saturated rings. The van der Waals surface area contributed by atoms with Gasteiger partial charge in [-0.15, -0.1) is 0 Å². The maximum absolute atomic E-state index is 12.5. The maximum atomic E-state index is 12.5. The van der Waals surface area contributed by atoms with Crippen molar-refractivity contribution in [3.8, 4) is 0 Å². The third kappa shape index (κ3) is 3.35. The molecule has 3 aliphatic rings. The Bertz CT molecular complexity index is 511. The van der Waals surface area contributed by atoms with E-state index in [0.717, 1.165) is 0 Å². The Morgan fingerprint density at radius 2 is 1.70 bits per heavy atom. The average molecular weight is 344 g/mol. The van der Waals surface area contributed by atoms with Crippen LogP contribution in [0.3, 0.4) is 0 Å². The van der Waals surface area contributed by atoms with Gasteiger partial charge in [0.15, 0.2) is 19.7 Å². The molecule has 4 atom stereocenters. The number of esters is 1. The van der Waals surface area contributed by atoms with Crippen molar-refractivity contribution in [2.45, 2.75) is 95.7 Å². The van der Waals surface area contributed by atoms with Crippen molar-refractivity contribution < 1.29 is 28.2 Å². The molecule has 0 N–H and O–H groups in total. The van der Waals surface area contributed by atoms with Crippen LogP contribution in [0, 0.1) is 0 Å². The molecule has 0 aromatic carbocycles. The standard InChI is InChI=1S/C16H28O6Si/c1-14(2)18-10-8-16(13(17)20-15(3,4)22-16)9-11(12(10)19-14)21-23(5,6)7/h10-12H,8-9H2,1-7H3/t10-,11-,12-,16+/m1/s1. The van der Waals surface area contributed by atoms with Crippen molar-refractivity contribution in [2.75, 3.05) is 0 Å². The number of carbonyl (C=O) groups is 1. The Balaban J connectivity index is 1.90. The molecule has 0 bridgehead atoms. The van der Waals surface area contributed by atoms with E-state index >= 15 is 0 Å². The second kappa shape index (κ2) is 5.02. The Kier molecular flexibility index (Phi) is 3.78.